The van der Waals surface area contributed by atoms with Crippen LogP contribution in [0.3, 0.4) is 0 Å². The Morgan fingerprint density at radius 3 is 2.90 bits per heavy atom. The number of hydrogen-bond acceptors (Lipinski definition) is 2. The molecule has 0 spiro atoms. The van der Waals surface area contributed by atoms with Gasteiger partial charge in [0.2, 0.25) is 0 Å². The largest absolute Gasteiger partial charge is 0.303 e. The fourth-order valence-electron chi connectivity index (χ4n) is 2.58. The molecule has 102 valence electrons. The van der Waals surface area contributed by atoms with E-state index in [0.29, 0.717) is 0 Å². The number of halogens is 2. The molecule has 0 bridgehead atoms. The van der Waals surface area contributed by atoms with Gasteiger partial charge in [0.15, 0.2) is 5.78 Å². The minimum Gasteiger partial charge on any atom is -0.303 e. The van der Waals surface area contributed by atoms with E-state index < -0.39 is 11.9 Å². The van der Waals surface area contributed by atoms with Crippen LogP contribution in [0.25, 0.3) is 0 Å². The van der Waals surface area contributed by atoms with E-state index in [4.69, 9.17) is 11.6 Å². The molecule has 0 radical (unpaired) electrons. The Bertz CT molecular complexity index is 671. The van der Waals surface area contributed by atoms with Gasteiger partial charge in [-0.2, -0.15) is 0 Å². The van der Waals surface area contributed by atoms with Crippen molar-refractivity contribution in [3.8, 4) is 0 Å². The van der Waals surface area contributed by atoms with Gasteiger partial charge in [-0.25, -0.2) is 4.39 Å². The van der Waals surface area contributed by atoms with Gasteiger partial charge in [0.1, 0.15) is 5.82 Å². The number of Topliss-reactive ketones (excluding diaryl/α,β-unsaturated/α-hetero) is 1. The van der Waals surface area contributed by atoms with E-state index in [9.17, 15) is 9.18 Å². The van der Waals surface area contributed by atoms with Gasteiger partial charge in [0.25, 0.3) is 0 Å². The molecule has 0 aromatic heterocycles. The Hall–Kier alpha value is -1.71. The van der Waals surface area contributed by atoms with E-state index >= 15 is 0 Å². The molecule has 2 aromatic rings. The van der Waals surface area contributed by atoms with Crippen molar-refractivity contribution in [2.45, 2.75) is 12.5 Å². The highest BCUT2D eigenvalue weighted by molar-refractivity contribution is 6.34. The summed E-state index contributed by atoms with van der Waals surface area (Å²) in [7, 11) is 0. The lowest BCUT2D eigenvalue weighted by molar-refractivity contribution is 0.0939. The van der Waals surface area contributed by atoms with Crippen molar-refractivity contribution < 1.29 is 9.18 Å². The van der Waals surface area contributed by atoms with Crippen LogP contribution in [0.1, 0.15) is 27.5 Å². The lowest BCUT2D eigenvalue weighted by Crippen LogP contribution is -2.35. The number of benzene rings is 2. The third-order valence-corrected chi connectivity index (χ3v) is 3.89. The average molecular weight is 290 g/mol. The van der Waals surface area contributed by atoms with Crippen LogP contribution in [0.2, 0.25) is 5.02 Å². The Labute approximate surface area is 121 Å². The second kappa shape index (κ2) is 5.35. The molecule has 1 N–H and O–H groups in total. The molecule has 4 heteroatoms. The Morgan fingerprint density at radius 1 is 1.25 bits per heavy atom. The predicted molar refractivity (Wildman–Crippen MR) is 76.6 cm³/mol. The summed E-state index contributed by atoms with van der Waals surface area (Å²) in [5.41, 5.74) is 2.32. The maximum absolute atomic E-state index is 13.3. The molecular weight excluding hydrogens is 277 g/mol. The van der Waals surface area contributed by atoms with Gasteiger partial charge in [-0.1, -0.05) is 35.9 Å². The van der Waals surface area contributed by atoms with E-state index in [2.05, 4.69) is 5.32 Å². The molecule has 2 aromatic carbocycles. The van der Waals surface area contributed by atoms with Crippen LogP contribution in [0.15, 0.2) is 42.5 Å². The Morgan fingerprint density at radius 2 is 2.05 bits per heavy atom. The highest BCUT2D eigenvalue weighted by atomic mass is 35.5. The molecule has 1 heterocycles. The fourth-order valence-corrected chi connectivity index (χ4v) is 2.79. The number of nitrogens with one attached hydrogen (secondary N) is 1. The Kier molecular flexibility index (Phi) is 3.55. The van der Waals surface area contributed by atoms with Gasteiger partial charge in [0.05, 0.1) is 11.1 Å². The number of carbonyl (C=O) groups excluding carboxylic acids is 1. The zero-order chi connectivity index (χ0) is 14.1. The van der Waals surface area contributed by atoms with Crippen LogP contribution >= 0.6 is 11.6 Å². The second-order valence-electron chi connectivity index (χ2n) is 4.82. The molecule has 1 aliphatic heterocycles. The molecule has 0 aliphatic carbocycles. The molecule has 1 unspecified atom stereocenters. The predicted octanol–water partition coefficient (Wildman–Crippen LogP) is 3.55. The van der Waals surface area contributed by atoms with Crippen molar-refractivity contribution in [3.05, 3.63) is 70.0 Å². The lowest BCUT2D eigenvalue weighted by atomic mass is 9.89. The fraction of sp³-hybridized carbons (Fsp3) is 0.188. The standard InChI is InChI=1S/C16H13ClFNO/c17-14-6-5-11(18)9-13(14)16(20)15-12-4-2-1-3-10(12)7-8-19-15/h1-6,9,15,19H,7-8H2. The van der Waals surface area contributed by atoms with Crippen molar-refractivity contribution in [2.24, 2.45) is 0 Å². The third kappa shape index (κ3) is 2.35. The number of fused-ring (bicyclic) bond motifs is 1. The molecule has 0 amide bonds. The summed E-state index contributed by atoms with van der Waals surface area (Å²) in [5.74, 6) is -0.650. The number of rotatable bonds is 2. The van der Waals surface area contributed by atoms with E-state index in [-0.39, 0.29) is 16.4 Å². The summed E-state index contributed by atoms with van der Waals surface area (Å²) in [6.45, 7) is 0.723. The molecule has 0 fully saturated rings. The van der Waals surface area contributed by atoms with Crippen LogP contribution in [0.4, 0.5) is 4.39 Å². The smallest absolute Gasteiger partial charge is 0.185 e. The first-order valence-corrected chi connectivity index (χ1v) is 6.85. The molecular formula is C16H13ClFNO. The summed E-state index contributed by atoms with van der Waals surface area (Å²) in [5, 5.41) is 3.47. The molecule has 1 aliphatic rings. The van der Waals surface area contributed by atoms with Crippen LogP contribution in [0, 0.1) is 5.82 Å². The van der Waals surface area contributed by atoms with Crippen molar-refractivity contribution in [1.82, 2.24) is 5.32 Å². The van der Waals surface area contributed by atoms with E-state index in [1.54, 1.807) is 0 Å². The van der Waals surface area contributed by atoms with Gasteiger partial charge in [0, 0.05) is 12.1 Å². The summed E-state index contributed by atoms with van der Waals surface area (Å²) in [6, 6.07) is 11.2. The van der Waals surface area contributed by atoms with E-state index in [0.717, 1.165) is 24.1 Å². The van der Waals surface area contributed by atoms with Crippen molar-refractivity contribution in [1.29, 1.82) is 0 Å². The second-order valence-corrected chi connectivity index (χ2v) is 5.23. The number of hydrogen-bond donors (Lipinski definition) is 1. The average Bonchev–Trinajstić information content (AvgIpc) is 2.48. The van der Waals surface area contributed by atoms with Gasteiger partial charge in [-0.3, -0.25) is 4.79 Å². The van der Waals surface area contributed by atoms with E-state index in [1.807, 2.05) is 24.3 Å². The SMILES string of the molecule is O=C(c1cc(F)ccc1Cl)C1NCCc2ccccc21. The topological polar surface area (TPSA) is 29.1 Å². The maximum Gasteiger partial charge on any atom is 0.185 e. The summed E-state index contributed by atoms with van der Waals surface area (Å²) in [6.07, 6.45) is 0.886. The lowest BCUT2D eigenvalue weighted by Gasteiger charge is -2.26. The van der Waals surface area contributed by atoms with Crippen LogP contribution < -0.4 is 5.32 Å². The quantitative estimate of drug-likeness (QED) is 0.857. The van der Waals surface area contributed by atoms with Crippen molar-refractivity contribution in [3.63, 3.8) is 0 Å². The highest BCUT2D eigenvalue weighted by Gasteiger charge is 2.28. The number of carbonyl (C=O) groups is 1. The first kappa shape index (κ1) is 13.3. The van der Waals surface area contributed by atoms with Crippen LogP contribution in [0.5, 0.6) is 0 Å². The number of ketones is 1. The first-order valence-electron chi connectivity index (χ1n) is 6.47. The zero-order valence-electron chi connectivity index (χ0n) is 10.7. The molecule has 2 nitrogen and oxygen atoms in total. The van der Waals surface area contributed by atoms with Gasteiger partial charge in [-0.15, -0.1) is 0 Å². The molecule has 1 atom stereocenters. The van der Waals surface area contributed by atoms with Gasteiger partial charge < -0.3 is 5.32 Å². The van der Waals surface area contributed by atoms with Crippen LogP contribution in [-0.4, -0.2) is 12.3 Å². The normalized spacial score (nSPS) is 17.6. The van der Waals surface area contributed by atoms with E-state index in [1.165, 1.54) is 18.2 Å². The summed E-state index contributed by atoms with van der Waals surface area (Å²) < 4.78 is 13.3. The molecule has 20 heavy (non-hydrogen) atoms. The van der Waals surface area contributed by atoms with Gasteiger partial charge >= 0.3 is 0 Å². The Balaban J connectivity index is 2.02. The highest BCUT2D eigenvalue weighted by Crippen LogP contribution is 2.28. The van der Waals surface area contributed by atoms with Crippen molar-refractivity contribution >= 4 is 17.4 Å². The monoisotopic (exact) mass is 289 g/mol. The third-order valence-electron chi connectivity index (χ3n) is 3.56. The minimum absolute atomic E-state index is 0.193. The van der Waals surface area contributed by atoms with Gasteiger partial charge in [-0.05, 0) is 35.7 Å². The summed E-state index contributed by atoms with van der Waals surface area (Å²) >= 11 is 6.02. The van der Waals surface area contributed by atoms with Crippen molar-refractivity contribution in [2.75, 3.05) is 6.54 Å². The first-order chi connectivity index (χ1) is 9.66. The zero-order valence-corrected chi connectivity index (χ0v) is 11.5. The molecule has 3 rings (SSSR count). The van der Waals surface area contributed by atoms with Crippen LogP contribution in [-0.2, 0) is 6.42 Å². The maximum atomic E-state index is 13.3. The molecule has 0 saturated heterocycles. The summed E-state index contributed by atoms with van der Waals surface area (Å²) in [4.78, 5) is 12.6. The minimum atomic E-state index is -0.459. The molecule has 0 saturated carbocycles.